The molecule has 0 amide bonds. The molecule has 16 heteroatoms. The Balaban J connectivity index is 0.000000154. The fourth-order valence-corrected chi connectivity index (χ4v) is 8.69. The number of aromatic nitrogens is 10. The summed E-state index contributed by atoms with van der Waals surface area (Å²) < 4.78 is 28.9. The van der Waals surface area contributed by atoms with Gasteiger partial charge in [0.15, 0.2) is 23.3 Å². The van der Waals surface area contributed by atoms with Crippen LogP contribution in [0.2, 0.25) is 0 Å². The zero-order chi connectivity index (χ0) is 41.3. The maximum Gasteiger partial charge on any atom is 0.216 e. The van der Waals surface area contributed by atoms with Crippen LogP contribution < -0.4 is 19.6 Å². The fourth-order valence-electron chi connectivity index (χ4n) is 8.69. The molecule has 308 valence electrons. The van der Waals surface area contributed by atoms with E-state index in [9.17, 15) is 8.78 Å². The van der Waals surface area contributed by atoms with Crippen molar-refractivity contribution < 1.29 is 8.78 Å². The van der Waals surface area contributed by atoms with Gasteiger partial charge >= 0.3 is 0 Å². The second-order valence-electron chi connectivity index (χ2n) is 16.3. The Labute approximate surface area is 348 Å². The lowest BCUT2D eigenvalue weighted by molar-refractivity contribution is 0.562. The van der Waals surface area contributed by atoms with E-state index < -0.39 is 5.95 Å². The smallest absolute Gasteiger partial charge is 0.216 e. The SMILES string of the molecule is CC1CCN(c2cc(F)cc(N3CCc4nc(-c5ncccn5)ncc4C3C)n2)C1.CC1CCN(c2cc(F)nc(N3CCc4nc(-c5ncccn5)ncc4C3C)c2)C1. The highest BCUT2D eigenvalue weighted by Crippen LogP contribution is 2.36. The molecule has 0 aromatic carbocycles. The lowest BCUT2D eigenvalue weighted by atomic mass is 9.99. The minimum absolute atomic E-state index is 0.000793. The van der Waals surface area contributed by atoms with Crippen LogP contribution in [0.1, 0.15) is 75.1 Å². The van der Waals surface area contributed by atoms with Crippen LogP contribution >= 0.6 is 0 Å². The molecule has 4 aliphatic rings. The van der Waals surface area contributed by atoms with Crippen molar-refractivity contribution in [3.05, 3.63) is 108 Å². The number of anilines is 4. The first-order chi connectivity index (χ1) is 29.2. The molecule has 0 aliphatic carbocycles. The monoisotopic (exact) mass is 810 g/mol. The maximum atomic E-state index is 14.5. The van der Waals surface area contributed by atoms with Crippen molar-refractivity contribution in [2.45, 2.75) is 65.5 Å². The van der Waals surface area contributed by atoms with Gasteiger partial charge in [0.25, 0.3) is 0 Å². The second kappa shape index (κ2) is 16.7. The van der Waals surface area contributed by atoms with E-state index in [-0.39, 0.29) is 17.9 Å². The van der Waals surface area contributed by atoms with Gasteiger partial charge in [-0.15, -0.1) is 0 Å². The van der Waals surface area contributed by atoms with Gasteiger partial charge in [-0.25, -0.2) is 54.2 Å². The van der Waals surface area contributed by atoms with Crippen LogP contribution in [0.25, 0.3) is 23.3 Å². The van der Waals surface area contributed by atoms with Crippen molar-refractivity contribution in [1.29, 1.82) is 0 Å². The molecule has 10 heterocycles. The Morgan fingerprint density at radius 1 is 0.517 bits per heavy atom. The van der Waals surface area contributed by atoms with Crippen molar-refractivity contribution in [2.75, 3.05) is 58.9 Å². The maximum absolute atomic E-state index is 14.5. The van der Waals surface area contributed by atoms with E-state index in [1.54, 1.807) is 49.1 Å². The number of nitrogens with zero attached hydrogens (tertiary/aromatic N) is 14. The average Bonchev–Trinajstić information content (AvgIpc) is 3.92. The van der Waals surface area contributed by atoms with Gasteiger partial charge in [-0.05, 0) is 50.7 Å². The highest BCUT2D eigenvalue weighted by molar-refractivity contribution is 5.58. The first-order valence-corrected chi connectivity index (χ1v) is 20.8. The van der Waals surface area contributed by atoms with Crippen molar-refractivity contribution in [1.82, 2.24) is 49.8 Å². The molecule has 60 heavy (non-hydrogen) atoms. The summed E-state index contributed by atoms with van der Waals surface area (Å²) in [4.78, 5) is 53.0. The van der Waals surface area contributed by atoms with E-state index >= 15 is 0 Å². The Bertz CT molecular complexity index is 2290. The van der Waals surface area contributed by atoms with Gasteiger partial charge in [-0.3, -0.25) is 0 Å². The third kappa shape index (κ3) is 8.14. The third-order valence-corrected chi connectivity index (χ3v) is 12.0. The first kappa shape index (κ1) is 39.2. The number of fused-ring (bicyclic) bond motifs is 2. The zero-order valence-corrected chi connectivity index (χ0v) is 34.3. The van der Waals surface area contributed by atoms with Crippen molar-refractivity contribution in [3.63, 3.8) is 0 Å². The van der Waals surface area contributed by atoms with Crippen LogP contribution in [-0.4, -0.2) is 89.1 Å². The Morgan fingerprint density at radius 2 is 1.02 bits per heavy atom. The Hall–Kier alpha value is -6.32. The summed E-state index contributed by atoms with van der Waals surface area (Å²) in [5.41, 5.74) is 4.95. The van der Waals surface area contributed by atoms with Crippen LogP contribution in [0.4, 0.5) is 31.9 Å². The molecule has 0 bridgehead atoms. The minimum atomic E-state index is -0.437. The summed E-state index contributed by atoms with van der Waals surface area (Å²) in [5.74, 6) is 4.71. The van der Waals surface area contributed by atoms with Gasteiger partial charge in [-0.1, -0.05) is 13.8 Å². The summed E-state index contributed by atoms with van der Waals surface area (Å²) in [7, 11) is 0. The van der Waals surface area contributed by atoms with Crippen molar-refractivity contribution in [2.24, 2.45) is 11.8 Å². The Kier molecular flexibility index (Phi) is 10.9. The van der Waals surface area contributed by atoms with Crippen LogP contribution in [0.3, 0.4) is 0 Å². The molecule has 0 spiro atoms. The average molecular weight is 811 g/mol. The number of halogens is 2. The molecule has 0 radical (unpaired) electrons. The predicted octanol–water partition coefficient (Wildman–Crippen LogP) is 6.88. The highest BCUT2D eigenvalue weighted by atomic mass is 19.1. The van der Waals surface area contributed by atoms with Gasteiger partial charge in [0.2, 0.25) is 5.95 Å². The third-order valence-electron chi connectivity index (χ3n) is 12.0. The molecule has 6 aromatic heterocycles. The van der Waals surface area contributed by atoms with E-state index in [0.29, 0.717) is 59.9 Å². The fraction of sp³-hybridized carbons (Fsp3) is 0.409. The molecular formula is C44H48F2N14. The van der Waals surface area contributed by atoms with Crippen LogP contribution in [-0.2, 0) is 12.8 Å². The predicted molar refractivity (Wildman–Crippen MR) is 225 cm³/mol. The number of hydrogen-bond acceptors (Lipinski definition) is 14. The standard InChI is InChI=1S/2C22H24FN7/c1-14-4-8-29(13-14)16-10-19(23)28-20(11-16)30-9-5-18-17(15(30)2)12-26-22(27-18)21-24-6-3-7-25-21;1-14-4-8-29(13-14)19-10-16(23)11-20(28-19)30-9-5-18-17(15(30)2)12-26-22(27-18)21-24-6-3-7-25-21/h2*3,6-7,10-12,14-15H,4-5,8-9,13H2,1-2H3. The Morgan fingerprint density at radius 3 is 1.53 bits per heavy atom. The lowest BCUT2D eigenvalue weighted by Crippen LogP contribution is -2.35. The molecule has 4 unspecified atom stereocenters. The molecule has 0 saturated carbocycles. The quantitative estimate of drug-likeness (QED) is 0.162. The summed E-state index contributed by atoms with van der Waals surface area (Å²) >= 11 is 0. The van der Waals surface area contributed by atoms with E-state index in [4.69, 9.17) is 15.0 Å². The van der Waals surface area contributed by atoms with Crippen LogP contribution in [0.15, 0.2) is 73.6 Å². The number of rotatable bonds is 6. The van der Waals surface area contributed by atoms with Gasteiger partial charge < -0.3 is 19.6 Å². The summed E-state index contributed by atoms with van der Waals surface area (Å²) in [6.45, 7) is 13.8. The molecule has 2 fully saturated rings. The molecule has 6 aromatic rings. The molecule has 0 N–H and O–H groups in total. The van der Waals surface area contributed by atoms with Gasteiger partial charge in [0.1, 0.15) is 23.3 Å². The highest BCUT2D eigenvalue weighted by Gasteiger charge is 2.31. The minimum Gasteiger partial charge on any atom is -0.371 e. The molecular weight excluding hydrogens is 763 g/mol. The van der Waals surface area contributed by atoms with Gasteiger partial charge in [-0.2, -0.15) is 4.39 Å². The molecule has 10 rings (SSSR count). The van der Waals surface area contributed by atoms with Crippen LogP contribution in [0.5, 0.6) is 0 Å². The van der Waals surface area contributed by atoms with E-state index in [1.807, 2.05) is 18.5 Å². The summed E-state index contributed by atoms with van der Waals surface area (Å²) in [6, 6.07) is 10.2. The summed E-state index contributed by atoms with van der Waals surface area (Å²) in [6.07, 6.45) is 14.1. The largest absolute Gasteiger partial charge is 0.371 e. The normalized spacial score (nSPS) is 21.0. The van der Waals surface area contributed by atoms with Gasteiger partial charge in [0.05, 0.1) is 23.5 Å². The van der Waals surface area contributed by atoms with Gasteiger partial charge in [0, 0.05) is 130 Å². The summed E-state index contributed by atoms with van der Waals surface area (Å²) in [5, 5.41) is 0. The second-order valence-corrected chi connectivity index (χ2v) is 16.3. The zero-order valence-electron chi connectivity index (χ0n) is 34.3. The number of hydrogen-bond donors (Lipinski definition) is 0. The lowest BCUT2D eigenvalue weighted by Gasteiger charge is -2.36. The van der Waals surface area contributed by atoms with E-state index in [0.717, 1.165) is 85.9 Å². The molecule has 4 aliphatic heterocycles. The van der Waals surface area contributed by atoms with E-state index in [2.05, 4.69) is 82.2 Å². The van der Waals surface area contributed by atoms with Crippen molar-refractivity contribution >= 4 is 23.1 Å². The van der Waals surface area contributed by atoms with Crippen LogP contribution in [0, 0.1) is 23.6 Å². The topological polar surface area (TPSA) is 142 Å². The molecule has 4 atom stereocenters. The molecule has 2 saturated heterocycles. The van der Waals surface area contributed by atoms with Crippen molar-refractivity contribution in [3.8, 4) is 23.3 Å². The number of pyridine rings is 2. The molecule has 14 nitrogen and oxygen atoms in total. The van der Waals surface area contributed by atoms with E-state index in [1.165, 1.54) is 6.07 Å². The first-order valence-electron chi connectivity index (χ1n) is 20.8.